The van der Waals surface area contributed by atoms with Gasteiger partial charge in [-0.25, -0.2) is 4.79 Å². The van der Waals surface area contributed by atoms with Crippen molar-refractivity contribution in [3.05, 3.63) is 23.8 Å². The van der Waals surface area contributed by atoms with Gasteiger partial charge in [-0.15, -0.1) is 0 Å². The predicted octanol–water partition coefficient (Wildman–Crippen LogP) is 3.97. The predicted molar refractivity (Wildman–Crippen MR) is 106 cm³/mol. The van der Waals surface area contributed by atoms with Crippen molar-refractivity contribution in [3.63, 3.8) is 0 Å². The molecular weight excluding hydrogens is 344 g/mol. The molecule has 0 bridgehead atoms. The Hall–Kier alpha value is -1.95. The van der Waals surface area contributed by atoms with Crippen molar-refractivity contribution >= 4 is 6.09 Å². The molecule has 0 aliphatic carbocycles. The molecule has 27 heavy (non-hydrogen) atoms. The van der Waals surface area contributed by atoms with Crippen molar-refractivity contribution in [2.24, 2.45) is 0 Å². The highest BCUT2D eigenvalue weighted by molar-refractivity contribution is 5.69. The number of methoxy groups -OCH3 is 2. The van der Waals surface area contributed by atoms with Gasteiger partial charge in [-0.2, -0.15) is 0 Å². The van der Waals surface area contributed by atoms with Crippen LogP contribution in [0.25, 0.3) is 0 Å². The van der Waals surface area contributed by atoms with Crippen LogP contribution >= 0.6 is 0 Å². The van der Waals surface area contributed by atoms with Crippen molar-refractivity contribution in [2.45, 2.75) is 64.6 Å². The number of amides is 1. The van der Waals surface area contributed by atoms with Crippen LogP contribution in [0, 0.1) is 0 Å². The molecule has 1 fully saturated rings. The van der Waals surface area contributed by atoms with E-state index in [4.69, 9.17) is 14.2 Å². The first-order valence-electron chi connectivity index (χ1n) is 9.61. The van der Waals surface area contributed by atoms with Crippen LogP contribution in [-0.4, -0.2) is 49.4 Å². The molecule has 1 aliphatic rings. The van der Waals surface area contributed by atoms with Gasteiger partial charge in [0.25, 0.3) is 0 Å². The van der Waals surface area contributed by atoms with Crippen molar-refractivity contribution < 1.29 is 19.0 Å². The van der Waals surface area contributed by atoms with E-state index in [1.807, 2.05) is 43.9 Å². The smallest absolute Gasteiger partial charge is 0.410 e. The molecule has 1 aromatic carbocycles. The van der Waals surface area contributed by atoms with Gasteiger partial charge in [0.2, 0.25) is 0 Å². The fraction of sp³-hybridized carbons (Fsp3) is 0.667. The Bertz CT molecular complexity index is 642. The van der Waals surface area contributed by atoms with Crippen molar-refractivity contribution in [3.8, 4) is 11.5 Å². The molecule has 152 valence electrons. The molecule has 1 aromatic rings. The van der Waals surface area contributed by atoms with Gasteiger partial charge in [-0.1, -0.05) is 6.07 Å². The Morgan fingerprint density at radius 3 is 2.63 bits per heavy atom. The summed E-state index contributed by atoms with van der Waals surface area (Å²) in [6.07, 6.45) is 2.69. The summed E-state index contributed by atoms with van der Waals surface area (Å²) < 4.78 is 16.3. The van der Waals surface area contributed by atoms with E-state index in [2.05, 4.69) is 12.2 Å². The lowest BCUT2D eigenvalue weighted by atomic mass is 9.94. The summed E-state index contributed by atoms with van der Waals surface area (Å²) in [4.78, 5) is 14.4. The lowest BCUT2D eigenvalue weighted by Gasteiger charge is -2.36. The third-order valence-electron chi connectivity index (χ3n) is 5.01. The van der Waals surface area contributed by atoms with Crippen molar-refractivity contribution in [1.82, 2.24) is 10.2 Å². The van der Waals surface area contributed by atoms with Gasteiger partial charge >= 0.3 is 6.09 Å². The van der Waals surface area contributed by atoms with E-state index < -0.39 is 5.60 Å². The lowest BCUT2D eigenvalue weighted by molar-refractivity contribution is 0.00945. The van der Waals surface area contributed by atoms with Gasteiger partial charge in [-0.05, 0) is 59.6 Å². The maximum absolute atomic E-state index is 12.5. The monoisotopic (exact) mass is 378 g/mol. The molecule has 1 atom stereocenters. The fourth-order valence-corrected chi connectivity index (χ4v) is 3.49. The maximum atomic E-state index is 12.5. The molecule has 1 saturated heterocycles. The largest absolute Gasteiger partial charge is 0.497 e. The van der Waals surface area contributed by atoms with Crippen LogP contribution in [0.4, 0.5) is 4.79 Å². The lowest BCUT2D eigenvalue weighted by Crippen LogP contribution is -2.48. The van der Waals surface area contributed by atoms with E-state index in [1.165, 1.54) is 0 Å². The van der Waals surface area contributed by atoms with Crippen LogP contribution in [0.5, 0.6) is 11.5 Å². The number of benzene rings is 1. The van der Waals surface area contributed by atoms with E-state index in [1.54, 1.807) is 14.2 Å². The third-order valence-corrected chi connectivity index (χ3v) is 5.01. The number of nitrogens with one attached hydrogen (secondary N) is 1. The molecule has 1 amide bonds. The van der Waals surface area contributed by atoms with Gasteiger partial charge < -0.3 is 24.4 Å². The SMILES string of the molecule is COc1ccc(CNCC[C@]2(C)CCCN2C(=O)OC(C)(C)C)c(OC)c1. The van der Waals surface area contributed by atoms with Crippen LogP contribution in [0.3, 0.4) is 0 Å². The molecule has 6 nitrogen and oxygen atoms in total. The second-order valence-electron chi connectivity index (χ2n) is 8.34. The second kappa shape index (κ2) is 8.83. The average Bonchev–Trinajstić information content (AvgIpc) is 2.99. The third kappa shape index (κ3) is 5.76. The van der Waals surface area contributed by atoms with Gasteiger partial charge in [0.1, 0.15) is 17.1 Å². The number of hydrogen-bond donors (Lipinski definition) is 1. The van der Waals surface area contributed by atoms with Crippen molar-refractivity contribution in [2.75, 3.05) is 27.3 Å². The molecule has 0 saturated carbocycles. The summed E-state index contributed by atoms with van der Waals surface area (Å²) in [5, 5.41) is 3.47. The first-order valence-corrected chi connectivity index (χ1v) is 9.61. The van der Waals surface area contributed by atoms with E-state index in [0.717, 1.165) is 49.4 Å². The summed E-state index contributed by atoms with van der Waals surface area (Å²) in [6, 6.07) is 5.83. The summed E-state index contributed by atoms with van der Waals surface area (Å²) in [5.74, 6) is 1.59. The van der Waals surface area contributed by atoms with Crippen LogP contribution in [0.1, 0.15) is 52.5 Å². The Labute approximate surface area is 163 Å². The summed E-state index contributed by atoms with van der Waals surface area (Å²) in [6.45, 7) is 10.1. The normalized spacial score (nSPS) is 19.9. The van der Waals surface area contributed by atoms with Gasteiger partial charge in [0, 0.05) is 30.3 Å². The zero-order chi connectivity index (χ0) is 20.1. The number of ether oxygens (including phenoxy) is 3. The minimum atomic E-state index is -0.468. The topological polar surface area (TPSA) is 60.0 Å². The number of likely N-dealkylation sites (tertiary alicyclic amines) is 1. The van der Waals surface area contributed by atoms with Gasteiger partial charge in [0.15, 0.2) is 0 Å². The van der Waals surface area contributed by atoms with Crippen molar-refractivity contribution in [1.29, 1.82) is 0 Å². The summed E-state index contributed by atoms with van der Waals surface area (Å²) >= 11 is 0. The van der Waals surface area contributed by atoms with Gasteiger partial charge in [-0.3, -0.25) is 0 Å². The fourth-order valence-electron chi connectivity index (χ4n) is 3.49. The number of carbonyl (C=O) groups excluding carboxylic acids is 1. The van der Waals surface area contributed by atoms with E-state index in [0.29, 0.717) is 6.54 Å². The highest BCUT2D eigenvalue weighted by Gasteiger charge is 2.41. The molecule has 2 rings (SSSR count). The zero-order valence-corrected chi connectivity index (χ0v) is 17.6. The van der Waals surface area contributed by atoms with Crippen LogP contribution < -0.4 is 14.8 Å². The molecule has 0 spiro atoms. The Kier molecular flexibility index (Phi) is 6.98. The molecule has 6 heteroatoms. The molecule has 0 aromatic heterocycles. The summed E-state index contributed by atoms with van der Waals surface area (Å²) in [7, 11) is 3.31. The molecular formula is C21H34N2O4. The Morgan fingerprint density at radius 1 is 1.26 bits per heavy atom. The summed E-state index contributed by atoms with van der Waals surface area (Å²) in [5.41, 5.74) is 0.446. The minimum Gasteiger partial charge on any atom is -0.497 e. The Morgan fingerprint density at radius 2 is 2.00 bits per heavy atom. The molecule has 1 N–H and O–H groups in total. The maximum Gasteiger partial charge on any atom is 0.410 e. The first kappa shape index (κ1) is 21.4. The molecule has 0 radical (unpaired) electrons. The standard InChI is InChI=1S/C21H34N2O4/c1-20(2,3)27-19(24)23-13-7-10-21(23,4)11-12-22-15-16-8-9-17(25-5)14-18(16)26-6/h8-9,14,22H,7,10-13,15H2,1-6H3/t21-/m0/s1. The average molecular weight is 379 g/mol. The second-order valence-corrected chi connectivity index (χ2v) is 8.34. The van der Waals surface area contributed by atoms with Crippen LogP contribution in [0.2, 0.25) is 0 Å². The number of rotatable bonds is 7. The highest BCUT2D eigenvalue weighted by Crippen LogP contribution is 2.33. The first-order chi connectivity index (χ1) is 12.7. The quantitative estimate of drug-likeness (QED) is 0.728. The van der Waals surface area contributed by atoms with Crippen LogP contribution in [-0.2, 0) is 11.3 Å². The molecule has 1 heterocycles. The van der Waals surface area contributed by atoms with Crippen LogP contribution in [0.15, 0.2) is 18.2 Å². The van der Waals surface area contributed by atoms with E-state index in [-0.39, 0.29) is 11.6 Å². The minimum absolute atomic E-state index is 0.167. The van der Waals surface area contributed by atoms with E-state index in [9.17, 15) is 4.79 Å². The highest BCUT2D eigenvalue weighted by atomic mass is 16.6. The van der Waals surface area contributed by atoms with Gasteiger partial charge in [0.05, 0.1) is 14.2 Å². The number of carbonyl (C=O) groups is 1. The zero-order valence-electron chi connectivity index (χ0n) is 17.6. The number of nitrogens with zero attached hydrogens (tertiary/aromatic N) is 1. The molecule has 0 unspecified atom stereocenters. The molecule has 1 aliphatic heterocycles. The Balaban J connectivity index is 1.89. The number of hydrogen-bond acceptors (Lipinski definition) is 5. The van der Waals surface area contributed by atoms with E-state index >= 15 is 0 Å².